The monoisotopic (exact) mass is 610 g/mol. The van der Waals surface area contributed by atoms with Gasteiger partial charge in [-0.15, -0.1) is 0 Å². The second-order valence-electron chi connectivity index (χ2n) is 11.3. The zero-order valence-corrected chi connectivity index (χ0v) is 25.9. The third kappa shape index (κ3) is 8.62. The number of ketones is 1. The Morgan fingerprint density at radius 1 is 0.889 bits per heavy atom. The summed E-state index contributed by atoms with van der Waals surface area (Å²) in [4.78, 5) is 48.6. The van der Waals surface area contributed by atoms with Gasteiger partial charge in [0.2, 0.25) is 0 Å². The van der Waals surface area contributed by atoms with E-state index in [0.717, 1.165) is 22.6 Å². The van der Waals surface area contributed by atoms with Gasteiger partial charge in [-0.25, -0.2) is 9.64 Å². The zero-order valence-electron chi connectivity index (χ0n) is 25.9. The Balaban J connectivity index is 1.63. The van der Waals surface area contributed by atoms with Crippen LogP contribution in [0.2, 0.25) is 0 Å². The van der Waals surface area contributed by atoms with E-state index in [1.807, 2.05) is 79.4 Å². The van der Waals surface area contributed by atoms with Gasteiger partial charge in [-0.05, 0) is 87.2 Å². The number of nitrogens with zero attached hydrogens (tertiary/aromatic N) is 4. The van der Waals surface area contributed by atoms with E-state index < -0.39 is 17.5 Å². The average molecular weight is 611 g/mol. The van der Waals surface area contributed by atoms with Gasteiger partial charge in [0, 0.05) is 49.1 Å². The predicted octanol–water partition coefficient (Wildman–Crippen LogP) is 6.91. The van der Waals surface area contributed by atoms with Crippen LogP contribution in [0.3, 0.4) is 0 Å². The number of unbranched alkanes of at least 4 members (excludes halogenated alkanes) is 1. The third-order valence-corrected chi connectivity index (χ3v) is 7.78. The third-order valence-electron chi connectivity index (χ3n) is 7.78. The van der Waals surface area contributed by atoms with Crippen molar-refractivity contribution in [2.75, 3.05) is 31.2 Å². The van der Waals surface area contributed by atoms with Crippen LogP contribution in [0.4, 0.5) is 22.7 Å². The highest BCUT2D eigenvalue weighted by Crippen LogP contribution is 2.36. The molecule has 0 radical (unpaired) electrons. The quantitative estimate of drug-likeness (QED) is 0.0555. The van der Waals surface area contributed by atoms with Crippen molar-refractivity contribution in [1.29, 1.82) is 0 Å². The predicted molar refractivity (Wildman–Crippen MR) is 173 cm³/mol. The molecule has 0 atom stereocenters. The van der Waals surface area contributed by atoms with Crippen molar-refractivity contribution in [3.8, 4) is 0 Å². The van der Waals surface area contributed by atoms with Crippen molar-refractivity contribution < 1.29 is 29.1 Å². The summed E-state index contributed by atoms with van der Waals surface area (Å²) in [6.45, 7) is 15.1. The van der Waals surface area contributed by atoms with E-state index in [9.17, 15) is 14.4 Å². The van der Waals surface area contributed by atoms with E-state index >= 15 is 0 Å². The van der Waals surface area contributed by atoms with Crippen molar-refractivity contribution in [2.24, 2.45) is 5.16 Å². The van der Waals surface area contributed by atoms with Gasteiger partial charge in [-0.3, -0.25) is 14.5 Å². The molecule has 1 N–H and O–H groups in total. The number of aliphatic carboxylic acids is 1. The summed E-state index contributed by atoms with van der Waals surface area (Å²) in [5.41, 5.74) is 4.21. The number of Topliss-reactive ketones (excluding diaryl/α,β-unsaturated/α-hetero) is 1. The molecule has 10 heteroatoms. The van der Waals surface area contributed by atoms with Crippen LogP contribution >= 0.6 is 0 Å². The molecule has 0 spiro atoms. The molecular weight excluding hydrogens is 572 g/mol. The number of benzene rings is 3. The lowest BCUT2D eigenvalue weighted by Gasteiger charge is -2.39. The van der Waals surface area contributed by atoms with Gasteiger partial charge < -0.3 is 19.6 Å². The van der Waals surface area contributed by atoms with Crippen molar-refractivity contribution >= 4 is 46.2 Å². The molecular formula is C35H38N4O6. The lowest BCUT2D eigenvalue weighted by molar-refractivity contribution is -0.141. The fourth-order valence-corrected chi connectivity index (χ4v) is 5.24. The highest BCUT2D eigenvalue weighted by Gasteiger charge is 2.36. The summed E-state index contributed by atoms with van der Waals surface area (Å²) in [6, 6.07) is 22.3. The first-order valence-corrected chi connectivity index (χ1v) is 14.9. The Hall–Kier alpha value is -4.85. The van der Waals surface area contributed by atoms with Crippen LogP contribution < -0.4 is 4.90 Å². The van der Waals surface area contributed by atoms with Gasteiger partial charge in [0.15, 0.2) is 11.5 Å². The maximum absolute atomic E-state index is 13.6. The van der Waals surface area contributed by atoms with Gasteiger partial charge in [0.05, 0.1) is 31.0 Å². The lowest BCUT2D eigenvalue weighted by Crippen LogP contribution is -2.54. The fourth-order valence-electron chi connectivity index (χ4n) is 5.24. The van der Waals surface area contributed by atoms with Gasteiger partial charge >= 0.3 is 11.9 Å². The molecule has 234 valence electrons. The second kappa shape index (κ2) is 15.2. The number of carboxylic acid groups (broad SMARTS) is 1. The molecule has 10 nitrogen and oxygen atoms in total. The van der Waals surface area contributed by atoms with Gasteiger partial charge in [-0.1, -0.05) is 29.4 Å². The molecule has 0 aliphatic carbocycles. The van der Waals surface area contributed by atoms with E-state index in [-0.39, 0.29) is 12.2 Å². The van der Waals surface area contributed by atoms with Gasteiger partial charge in [0.25, 0.3) is 0 Å². The summed E-state index contributed by atoms with van der Waals surface area (Å²) >= 11 is 0. The average Bonchev–Trinajstić information content (AvgIpc) is 3.05. The number of carboxylic acids is 1. The molecule has 1 heterocycles. The number of carbonyl (C=O) groups is 3. The van der Waals surface area contributed by atoms with E-state index in [4.69, 9.17) is 21.3 Å². The maximum atomic E-state index is 13.6. The van der Waals surface area contributed by atoms with Crippen molar-refractivity contribution in [1.82, 2.24) is 4.90 Å². The molecule has 1 aliphatic rings. The number of oxime groups is 1. The molecule has 3 aromatic carbocycles. The van der Waals surface area contributed by atoms with Crippen LogP contribution in [0.1, 0.15) is 62.4 Å². The number of anilines is 3. The van der Waals surface area contributed by atoms with Crippen LogP contribution in [-0.2, 0) is 19.2 Å². The van der Waals surface area contributed by atoms with Crippen LogP contribution in [-0.4, -0.2) is 65.3 Å². The Labute approximate surface area is 263 Å². The normalized spacial score (nSPS) is 14.0. The highest BCUT2D eigenvalue weighted by molar-refractivity contribution is 6.03. The number of hydrogen-bond donors (Lipinski definition) is 1. The molecule has 0 aromatic heterocycles. The fraction of sp³-hybridized carbons (Fsp3) is 0.343. The molecule has 0 unspecified atom stereocenters. The molecule has 1 aliphatic heterocycles. The molecule has 0 amide bonds. The van der Waals surface area contributed by atoms with E-state index in [1.165, 1.54) is 6.92 Å². The van der Waals surface area contributed by atoms with Crippen molar-refractivity contribution in [3.63, 3.8) is 0 Å². The number of rotatable bonds is 13. The first-order valence-electron chi connectivity index (χ1n) is 14.9. The zero-order chi connectivity index (χ0) is 32.4. The first-order chi connectivity index (χ1) is 21.6. The topological polar surface area (TPSA) is 113 Å². The van der Waals surface area contributed by atoms with E-state index in [1.54, 1.807) is 12.1 Å². The summed E-state index contributed by atoms with van der Waals surface area (Å²) in [6.07, 6.45) is 1.54. The van der Waals surface area contributed by atoms with Crippen molar-refractivity contribution in [2.45, 2.75) is 52.0 Å². The van der Waals surface area contributed by atoms with Gasteiger partial charge in [-0.2, -0.15) is 0 Å². The summed E-state index contributed by atoms with van der Waals surface area (Å²) in [5, 5.41) is 13.0. The van der Waals surface area contributed by atoms with Crippen LogP contribution in [0, 0.1) is 6.57 Å². The molecule has 1 fully saturated rings. The first kappa shape index (κ1) is 33.1. The number of carbonyl (C=O) groups excluding carboxylic acids is 2. The molecule has 0 saturated carbocycles. The summed E-state index contributed by atoms with van der Waals surface area (Å²) in [5.74, 6) is -1.37. The lowest BCUT2D eigenvalue weighted by atomic mass is 9.90. The Kier molecular flexibility index (Phi) is 11.2. The SMILES string of the molecule is [C-]#[N+]c1ccc(N(c2ccc(C(=O)C(C)(C)N3CCOCC3)cc2)c2ccc(/C(CCCCC(=O)O)=N/OC(C)=O)cc2)cc1. The van der Waals surface area contributed by atoms with Gasteiger partial charge in [0.1, 0.15) is 0 Å². The van der Waals surface area contributed by atoms with Crippen LogP contribution in [0.25, 0.3) is 4.85 Å². The minimum atomic E-state index is -0.861. The smallest absolute Gasteiger partial charge is 0.331 e. The second-order valence-corrected chi connectivity index (χ2v) is 11.3. The number of hydrogen-bond acceptors (Lipinski definition) is 8. The highest BCUT2D eigenvalue weighted by atomic mass is 16.7. The number of morpholine rings is 1. The molecule has 0 bridgehead atoms. The number of ether oxygens (including phenoxy) is 1. The summed E-state index contributed by atoms with van der Waals surface area (Å²) < 4.78 is 5.47. The standard InChI is InChI=1S/C35H38N4O6/c1-25(40)45-37-32(7-5-6-8-33(41)42)26-9-15-29(16-10-26)39(31-19-13-28(36-4)14-20-31)30-17-11-27(12-18-30)34(43)35(2,3)38-21-23-44-24-22-38/h9-20H,5-8,21-24H2,1-3H3,(H,41,42)/b37-32+. The molecule has 1 saturated heterocycles. The van der Waals surface area contributed by atoms with E-state index in [2.05, 4.69) is 14.9 Å². The molecule has 3 aromatic rings. The minimum absolute atomic E-state index is 0.0382. The largest absolute Gasteiger partial charge is 0.481 e. The molecule has 4 rings (SSSR count). The Morgan fingerprint density at radius 2 is 1.40 bits per heavy atom. The minimum Gasteiger partial charge on any atom is -0.481 e. The van der Waals surface area contributed by atoms with E-state index in [0.29, 0.717) is 62.5 Å². The van der Waals surface area contributed by atoms with Crippen molar-refractivity contribution in [3.05, 3.63) is 95.3 Å². The maximum Gasteiger partial charge on any atom is 0.331 e. The molecule has 45 heavy (non-hydrogen) atoms. The summed E-state index contributed by atoms with van der Waals surface area (Å²) in [7, 11) is 0. The Morgan fingerprint density at radius 3 is 1.91 bits per heavy atom. The van der Waals surface area contributed by atoms with Crippen LogP contribution in [0.15, 0.2) is 78.0 Å². The van der Waals surface area contributed by atoms with Crippen LogP contribution in [0.5, 0.6) is 0 Å². The Bertz CT molecular complexity index is 1550.